The van der Waals surface area contributed by atoms with Crippen molar-refractivity contribution in [3.63, 3.8) is 0 Å². The highest BCUT2D eigenvalue weighted by molar-refractivity contribution is 8.00. The predicted octanol–water partition coefficient (Wildman–Crippen LogP) is 1.09. The van der Waals surface area contributed by atoms with Crippen LogP contribution in [0.3, 0.4) is 0 Å². The van der Waals surface area contributed by atoms with Crippen LogP contribution in [-0.2, 0) is 24.7 Å². The minimum Gasteiger partial charge on any atom is -0.493 e. The second kappa shape index (κ2) is 9.23. The van der Waals surface area contributed by atoms with Gasteiger partial charge in [0.2, 0.25) is 15.9 Å². The summed E-state index contributed by atoms with van der Waals surface area (Å²) < 4.78 is 55.6. The summed E-state index contributed by atoms with van der Waals surface area (Å²) in [5.74, 6) is 1.30. The first-order valence-corrected chi connectivity index (χ1v) is 13.9. The lowest BCUT2D eigenvalue weighted by molar-refractivity contribution is -0.123. The number of sulfonamides is 1. The first-order chi connectivity index (χ1) is 13.7. The second-order valence-electron chi connectivity index (χ2n) is 7.15. The lowest BCUT2D eigenvalue weighted by atomic mass is 10.3. The maximum atomic E-state index is 13.0. The number of nitrogens with zero attached hydrogens (tertiary/aromatic N) is 1. The molecule has 0 spiro atoms. The maximum Gasteiger partial charge on any atom is 0.244 e. The molecule has 8 nitrogen and oxygen atoms in total. The Kier molecular flexibility index (Phi) is 7.13. The van der Waals surface area contributed by atoms with Crippen LogP contribution in [0.4, 0.5) is 0 Å². The molecule has 0 radical (unpaired) electrons. The molecule has 1 unspecified atom stereocenters. The fraction of sp³-hybridized carbons (Fsp3) is 0.611. The van der Waals surface area contributed by atoms with E-state index in [1.54, 1.807) is 6.92 Å². The van der Waals surface area contributed by atoms with Crippen LogP contribution in [-0.4, -0.2) is 69.4 Å². The Morgan fingerprint density at radius 1 is 1.21 bits per heavy atom. The van der Waals surface area contributed by atoms with Gasteiger partial charge in [0.05, 0.1) is 16.5 Å². The van der Waals surface area contributed by atoms with Crippen LogP contribution in [0.25, 0.3) is 0 Å². The fourth-order valence-electron chi connectivity index (χ4n) is 2.83. The van der Waals surface area contributed by atoms with Gasteiger partial charge in [-0.05, 0) is 43.0 Å². The van der Waals surface area contributed by atoms with Crippen LogP contribution in [0.5, 0.6) is 5.75 Å². The van der Waals surface area contributed by atoms with Crippen molar-refractivity contribution < 1.29 is 26.4 Å². The van der Waals surface area contributed by atoms with Crippen LogP contribution in [0, 0.1) is 5.92 Å². The number of ether oxygens (including phenoxy) is 1. The molecule has 162 valence electrons. The summed E-state index contributed by atoms with van der Waals surface area (Å²) in [5.41, 5.74) is 0. The van der Waals surface area contributed by atoms with Crippen molar-refractivity contribution in [3.8, 4) is 5.75 Å². The molecular formula is C18H26N2O6S3. The molecule has 1 aliphatic heterocycles. The van der Waals surface area contributed by atoms with Gasteiger partial charge < -0.3 is 10.1 Å². The van der Waals surface area contributed by atoms with E-state index in [1.165, 1.54) is 40.3 Å². The van der Waals surface area contributed by atoms with E-state index in [4.69, 9.17) is 4.74 Å². The lowest BCUT2D eigenvalue weighted by Crippen LogP contribution is -2.47. The van der Waals surface area contributed by atoms with Crippen LogP contribution in [0.2, 0.25) is 0 Å². The van der Waals surface area contributed by atoms with Gasteiger partial charge in [-0.1, -0.05) is 6.92 Å². The summed E-state index contributed by atoms with van der Waals surface area (Å²) >= 11 is 1.41. The van der Waals surface area contributed by atoms with E-state index in [2.05, 4.69) is 5.32 Å². The predicted molar refractivity (Wildman–Crippen MR) is 112 cm³/mol. The van der Waals surface area contributed by atoms with Crippen molar-refractivity contribution in [2.75, 3.05) is 36.3 Å². The highest BCUT2D eigenvalue weighted by Gasteiger charge is 2.40. The van der Waals surface area contributed by atoms with Gasteiger partial charge in [0.1, 0.15) is 18.4 Å². The third kappa shape index (κ3) is 5.87. The molecule has 1 atom stereocenters. The normalized spacial score (nSPS) is 20.5. The monoisotopic (exact) mass is 462 g/mol. The van der Waals surface area contributed by atoms with Crippen LogP contribution in [0.1, 0.15) is 19.8 Å². The van der Waals surface area contributed by atoms with E-state index in [-0.39, 0.29) is 34.8 Å². The standard InChI is InChI=1S/C18H26N2O6S3/c1-2-28(22,23)10-9-26-15-5-7-16(8-6-15)29(24,25)20-13-27-12-17(20)18(21)19-11-14-3-4-14/h5-8,14,17H,2-4,9-13H2,1H3,(H,19,21). The molecule has 1 aliphatic carbocycles. The number of carbonyl (C=O) groups excluding carboxylic acids is 1. The summed E-state index contributed by atoms with van der Waals surface area (Å²) in [6.07, 6.45) is 2.22. The fourth-order valence-corrected chi connectivity index (χ4v) is 6.60. The molecule has 0 bridgehead atoms. The Morgan fingerprint density at radius 3 is 2.52 bits per heavy atom. The number of rotatable bonds is 10. The van der Waals surface area contributed by atoms with E-state index < -0.39 is 25.9 Å². The number of sulfone groups is 1. The maximum absolute atomic E-state index is 13.0. The van der Waals surface area contributed by atoms with Crippen molar-refractivity contribution in [2.24, 2.45) is 5.92 Å². The zero-order valence-corrected chi connectivity index (χ0v) is 18.7. The molecule has 2 fully saturated rings. The van der Waals surface area contributed by atoms with Crippen molar-refractivity contribution in [3.05, 3.63) is 24.3 Å². The van der Waals surface area contributed by atoms with Gasteiger partial charge in [0, 0.05) is 18.1 Å². The molecule has 29 heavy (non-hydrogen) atoms. The first-order valence-electron chi connectivity index (χ1n) is 9.53. The minimum atomic E-state index is -3.82. The molecular weight excluding hydrogens is 436 g/mol. The van der Waals surface area contributed by atoms with Crippen LogP contribution >= 0.6 is 11.8 Å². The minimum absolute atomic E-state index is 0.00821. The smallest absolute Gasteiger partial charge is 0.244 e. The second-order valence-corrected chi connectivity index (χ2v) is 12.5. The summed E-state index contributed by atoms with van der Waals surface area (Å²) in [5, 5.41) is 2.86. The van der Waals surface area contributed by atoms with Gasteiger partial charge in [-0.2, -0.15) is 4.31 Å². The largest absolute Gasteiger partial charge is 0.493 e. The van der Waals surface area contributed by atoms with Gasteiger partial charge in [-0.3, -0.25) is 4.79 Å². The third-order valence-corrected chi connectivity index (χ3v) is 9.65. The number of hydrogen-bond acceptors (Lipinski definition) is 7. The van der Waals surface area contributed by atoms with Crippen molar-refractivity contribution in [1.29, 1.82) is 0 Å². The number of amides is 1. The molecule has 1 saturated carbocycles. The lowest BCUT2D eigenvalue weighted by Gasteiger charge is -2.22. The Hall–Kier alpha value is -1.30. The average molecular weight is 463 g/mol. The van der Waals surface area contributed by atoms with Crippen molar-refractivity contribution in [1.82, 2.24) is 9.62 Å². The molecule has 11 heteroatoms. The van der Waals surface area contributed by atoms with Crippen LogP contribution in [0.15, 0.2) is 29.2 Å². The van der Waals surface area contributed by atoms with Gasteiger partial charge >= 0.3 is 0 Å². The Bertz CT molecular complexity index is 927. The molecule has 1 aromatic rings. The van der Waals surface area contributed by atoms with Gasteiger partial charge in [-0.25, -0.2) is 16.8 Å². The molecule has 1 heterocycles. The molecule has 1 saturated heterocycles. The van der Waals surface area contributed by atoms with E-state index in [1.807, 2.05) is 0 Å². The zero-order valence-electron chi connectivity index (χ0n) is 16.2. The molecule has 1 amide bonds. The molecule has 1 N–H and O–H groups in total. The number of hydrogen-bond donors (Lipinski definition) is 1. The quantitative estimate of drug-likeness (QED) is 0.554. The first kappa shape index (κ1) is 22.4. The SMILES string of the molecule is CCS(=O)(=O)CCOc1ccc(S(=O)(=O)N2CSCC2C(=O)NCC2CC2)cc1. The summed E-state index contributed by atoms with van der Waals surface area (Å²) in [4.78, 5) is 12.5. The Labute approximate surface area is 176 Å². The van der Waals surface area contributed by atoms with Crippen molar-refractivity contribution in [2.45, 2.75) is 30.7 Å². The van der Waals surface area contributed by atoms with E-state index in [9.17, 15) is 21.6 Å². The molecule has 1 aromatic carbocycles. The molecule has 0 aromatic heterocycles. The summed E-state index contributed by atoms with van der Waals surface area (Å²) in [6, 6.07) is 5.12. The average Bonchev–Trinajstić information content (AvgIpc) is 3.39. The van der Waals surface area contributed by atoms with E-state index in [0.717, 1.165) is 12.8 Å². The Morgan fingerprint density at radius 2 is 1.90 bits per heavy atom. The van der Waals surface area contributed by atoms with Gasteiger partial charge in [0.15, 0.2) is 9.84 Å². The molecule has 3 rings (SSSR count). The highest BCUT2D eigenvalue weighted by Crippen LogP contribution is 2.30. The summed E-state index contributed by atoms with van der Waals surface area (Å²) in [6.45, 7) is 2.19. The van der Waals surface area contributed by atoms with Gasteiger partial charge in [-0.15, -0.1) is 11.8 Å². The zero-order chi connectivity index (χ0) is 21.1. The molecule has 2 aliphatic rings. The topological polar surface area (TPSA) is 110 Å². The Balaban J connectivity index is 1.62. The van der Waals surface area contributed by atoms with Crippen molar-refractivity contribution >= 4 is 37.5 Å². The highest BCUT2D eigenvalue weighted by atomic mass is 32.2. The summed E-state index contributed by atoms with van der Waals surface area (Å²) in [7, 11) is -6.94. The van der Waals surface area contributed by atoms with Crippen LogP contribution < -0.4 is 10.1 Å². The van der Waals surface area contributed by atoms with E-state index >= 15 is 0 Å². The number of nitrogens with one attached hydrogen (secondary N) is 1. The van der Waals surface area contributed by atoms with Gasteiger partial charge in [0.25, 0.3) is 0 Å². The number of carbonyl (C=O) groups is 1. The number of thioether (sulfide) groups is 1. The third-order valence-electron chi connectivity index (χ3n) is 4.94. The number of benzene rings is 1. The van der Waals surface area contributed by atoms with E-state index in [0.29, 0.717) is 24.0 Å².